The van der Waals surface area contributed by atoms with Crippen molar-refractivity contribution >= 4 is 11.5 Å². The average molecular weight is 168 g/mol. The van der Waals surface area contributed by atoms with Gasteiger partial charge in [-0.1, -0.05) is 0 Å². The Balaban J connectivity index is 1.89. The summed E-state index contributed by atoms with van der Waals surface area (Å²) < 4.78 is 4.12. The lowest BCUT2D eigenvalue weighted by atomic mass is 10.3. The highest BCUT2D eigenvalue weighted by molar-refractivity contribution is 7.05. The summed E-state index contributed by atoms with van der Waals surface area (Å²) in [5.41, 5.74) is 1.32. The second-order valence-electron chi connectivity index (χ2n) is 3.09. The van der Waals surface area contributed by atoms with Gasteiger partial charge in [-0.3, -0.25) is 0 Å². The maximum Gasteiger partial charge on any atom is 0.0439 e. The van der Waals surface area contributed by atoms with E-state index in [0.29, 0.717) is 0 Å². The molecular weight excluding hydrogens is 156 g/mol. The molecule has 0 aromatic carbocycles. The quantitative estimate of drug-likeness (QED) is 0.743. The van der Waals surface area contributed by atoms with Gasteiger partial charge in [0.25, 0.3) is 0 Å². The molecular formula is C8H12N2S. The second kappa shape index (κ2) is 2.91. The van der Waals surface area contributed by atoms with Gasteiger partial charge in [0.05, 0.1) is 0 Å². The second-order valence-corrected chi connectivity index (χ2v) is 3.97. The van der Waals surface area contributed by atoms with Crippen LogP contribution in [0.3, 0.4) is 0 Å². The molecule has 0 bridgehead atoms. The van der Waals surface area contributed by atoms with Crippen molar-refractivity contribution in [1.82, 2.24) is 9.69 Å². The predicted molar refractivity (Wildman–Crippen MR) is 46.7 cm³/mol. The van der Waals surface area contributed by atoms with E-state index in [2.05, 4.69) is 16.6 Å². The lowest BCUT2D eigenvalue weighted by molar-refractivity contribution is 0.693. The molecule has 1 aliphatic carbocycles. The Kier molecular flexibility index (Phi) is 1.92. The largest absolute Gasteiger partial charge is 0.309 e. The molecule has 2 nitrogen and oxygen atoms in total. The molecule has 1 fully saturated rings. The van der Waals surface area contributed by atoms with Gasteiger partial charge >= 0.3 is 0 Å². The monoisotopic (exact) mass is 168 g/mol. The Labute approximate surface area is 70.8 Å². The van der Waals surface area contributed by atoms with Gasteiger partial charge in [0, 0.05) is 23.7 Å². The van der Waals surface area contributed by atoms with Crippen LogP contribution in [0.5, 0.6) is 0 Å². The summed E-state index contributed by atoms with van der Waals surface area (Å²) in [6.07, 6.45) is 4.66. The molecule has 2 rings (SSSR count). The van der Waals surface area contributed by atoms with Crippen LogP contribution >= 0.6 is 11.5 Å². The molecule has 1 aliphatic rings. The number of hydrogen-bond donors (Lipinski definition) is 1. The summed E-state index contributed by atoms with van der Waals surface area (Å²) in [7, 11) is 0. The molecule has 11 heavy (non-hydrogen) atoms. The highest BCUT2D eigenvalue weighted by Gasteiger charge is 2.20. The predicted octanol–water partition coefficient (Wildman–Crippen LogP) is 1.70. The molecule has 60 valence electrons. The van der Waals surface area contributed by atoms with Crippen molar-refractivity contribution in [2.45, 2.75) is 32.4 Å². The van der Waals surface area contributed by atoms with Gasteiger partial charge in [0.1, 0.15) is 0 Å². The van der Waals surface area contributed by atoms with Crippen LogP contribution in [0.2, 0.25) is 0 Å². The maximum absolute atomic E-state index is 4.12. The lowest BCUT2D eigenvalue weighted by Gasteiger charge is -1.98. The van der Waals surface area contributed by atoms with Gasteiger partial charge in [-0.25, -0.2) is 4.37 Å². The third-order valence-corrected chi connectivity index (χ3v) is 2.88. The Morgan fingerprint density at radius 2 is 2.55 bits per heavy atom. The van der Waals surface area contributed by atoms with E-state index in [4.69, 9.17) is 0 Å². The van der Waals surface area contributed by atoms with E-state index in [1.165, 1.54) is 23.3 Å². The van der Waals surface area contributed by atoms with Crippen LogP contribution < -0.4 is 5.32 Å². The van der Waals surface area contributed by atoms with Crippen LogP contribution in [0.4, 0.5) is 0 Å². The van der Waals surface area contributed by atoms with E-state index in [-0.39, 0.29) is 0 Å². The Bertz CT molecular complexity index is 240. The van der Waals surface area contributed by atoms with Gasteiger partial charge in [-0.15, -0.1) is 0 Å². The molecule has 1 saturated carbocycles. The zero-order chi connectivity index (χ0) is 7.68. The van der Waals surface area contributed by atoms with Gasteiger partial charge < -0.3 is 5.32 Å². The zero-order valence-corrected chi connectivity index (χ0v) is 7.45. The summed E-state index contributed by atoms with van der Waals surface area (Å²) in [6, 6.07) is 0.802. The van der Waals surface area contributed by atoms with E-state index in [9.17, 15) is 0 Å². The van der Waals surface area contributed by atoms with E-state index < -0.39 is 0 Å². The first-order valence-corrected chi connectivity index (χ1v) is 4.77. The standard InChI is InChI=1S/C8H12N2S/c1-6-4-10-11-8(6)5-9-7-2-3-7/h4,7,9H,2-3,5H2,1H3. The Morgan fingerprint density at radius 1 is 1.73 bits per heavy atom. The summed E-state index contributed by atoms with van der Waals surface area (Å²) in [6.45, 7) is 3.13. The van der Waals surface area contributed by atoms with E-state index in [0.717, 1.165) is 12.6 Å². The molecule has 0 aliphatic heterocycles. The van der Waals surface area contributed by atoms with Gasteiger partial charge in [-0.2, -0.15) is 0 Å². The third kappa shape index (κ3) is 1.79. The van der Waals surface area contributed by atoms with Crippen LogP contribution in [-0.4, -0.2) is 10.4 Å². The third-order valence-electron chi connectivity index (χ3n) is 1.98. The number of nitrogens with one attached hydrogen (secondary N) is 1. The van der Waals surface area contributed by atoms with Gasteiger partial charge in [0.2, 0.25) is 0 Å². The van der Waals surface area contributed by atoms with Gasteiger partial charge in [0.15, 0.2) is 0 Å². The van der Waals surface area contributed by atoms with Crippen molar-refractivity contribution in [2.24, 2.45) is 0 Å². The average Bonchev–Trinajstić information content (AvgIpc) is 2.73. The zero-order valence-electron chi connectivity index (χ0n) is 6.63. The fraction of sp³-hybridized carbons (Fsp3) is 0.625. The molecule has 1 N–H and O–H groups in total. The first-order chi connectivity index (χ1) is 5.36. The highest BCUT2D eigenvalue weighted by atomic mass is 32.1. The molecule has 1 aromatic heterocycles. The van der Waals surface area contributed by atoms with Crippen molar-refractivity contribution < 1.29 is 0 Å². The van der Waals surface area contributed by atoms with Gasteiger partial charge in [-0.05, 0) is 36.9 Å². The van der Waals surface area contributed by atoms with E-state index >= 15 is 0 Å². The molecule has 0 saturated heterocycles. The number of rotatable bonds is 3. The fourth-order valence-corrected chi connectivity index (χ4v) is 1.69. The molecule has 0 spiro atoms. The smallest absolute Gasteiger partial charge is 0.0439 e. The molecule has 0 amide bonds. The molecule has 0 atom stereocenters. The summed E-state index contributed by atoms with van der Waals surface area (Å²) in [5.74, 6) is 0. The molecule has 1 heterocycles. The molecule has 1 aromatic rings. The Hall–Kier alpha value is -0.410. The topological polar surface area (TPSA) is 24.9 Å². The van der Waals surface area contributed by atoms with Crippen LogP contribution in [0.25, 0.3) is 0 Å². The van der Waals surface area contributed by atoms with Crippen LogP contribution in [0.1, 0.15) is 23.3 Å². The van der Waals surface area contributed by atoms with Crippen LogP contribution in [-0.2, 0) is 6.54 Å². The lowest BCUT2D eigenvalue weighted by Crippen LogP contribution is -2.14. The van der Waals surface area contributed by atoms with Crippen LogP contribution in [0.15, 0.2) is 6.20 Å². The minimum Gasteiger partial charge on any atom is -0.309 e. The first kappa shape index (κ1) is 7.25. The van der Waals surface area contributed by atoms with Crippen molar-refractivity contribution in [1.29, 1.82) is 0 Å². The number of aromatic nitrogens is 1. The number of nitrogens with zero attached hydrogens (tertiary/aromatic N) is 1. The number of hydrogen-bond acceptors (Lipinski definition) is 3. The van der Waals surface area contributed by atoms with E-state index in [1.807, 2.05) is 6.20 Å². The highest BCUT2D eigenvalue weighted by Crippen LogP contribution is 2.20. The minimum absolute atomic E-state index is 0.802. The van der Waals surface area contributed by atoms with Crippen molar-refractivity contribution in [3.05, 3.63) is 16.6 Å². The molecule has 0 radical (unpaired) electrons. The molecule has 0 unspecified atom stereocenters. The van der Waals surface area contributed by atoms with Crippen molar-refractivity contribution in [2.75, 3.05) is 0 Å². The minimum atomic E-state index is 0.802. The van der Waals surface area contributed by atoms with Crippen LogP contribution in [0, 0.1) is 6.92 Å². The summed E-state index contributed by atoms with van der Waals surface area (Å²) in [5, 5.41) is 3.47. The number of aryl methyl sites for hydroxylation is 1. The first-order valence-electron chi connectivity index (χ1n) is 4.00. The van der Waals surface area contributed by atoms with E-state index in [1.54, 1.807) is 11.5 Å². The maximum atomic E-state index is 4.12. The summed E-state index contributed by atoms with van der Waals surface area (Å²) in [4.78, 5) is 1.39. The normalized spacial score (nSPS) is 17.2. The summed E-state index contributed by atoms with van der Waals surface area (Å²) >= 11 is 1.61. The Morgan fingerprint density at radius 3 is 3.09 bits per heavy atom. The van der Waals surface area contributed by atoms with Crippen molar-refractivity contribution in [3.8, 4) is 0 Å². The van der Waals surface area contributed by atoms with Crippen molar-refractivity contribution in [3.63, 3.8) is 0 Å². The molecule has 3 heteroatoms. The SMILES string of the molecule is Cc1cnsc1CNC1CC1. The fourth-order valence-electron chi connectivity index (χ4n) is 1.01.